The first-order chi connectivity index (χ1) is 7.65. The quantitative estimate of drug-likeness (QED) is 0.800. The van der Waals surface area contributed by atoms with E-state index in [1.807, 2.05) is 11.3 Å². The summed E-state index contributed by atoms with van der Waals surface area (Å²) in [6.45, 7) is 6.72. The van der Waals surface area contributed by atoms with Gasteiger partial charge in [0.15, 0.2) is 0 Å². The minimum absolute atomic E-state index is 0.332. The highest BCUT2D eigenvalue weighted by molar-refractivity contribution is 7.12. The molecule has 0 amide bonds. The highest BCUT2D eigenvalue weighted by Gasteiger charge is 2.41. The topological polar surface area (TPSA) is 32.3 Å². The van der Waals surface area contributed by atoms with Crippen LogP contribution in [-0.2, 0) is 6.54 Å². The normalized spacial score (nSPS) is 17.7. The molecule has 1 heterocycles. The second-order valence-electron chi connectivity index (χ2n) is 5.02. The first-order valence-electron chi connectivity index (χ1n) is 6.03. The Labute approximate surface area is 102 Å². The highest BCUT2D eigenvalue weighted by Crippen LogP contribution is 2.47. The van der Waals surface area contributed by atoms with E-state index in [1.165, 1.54) is 28.2 Å². The van der Waals surface area contributed by atoms with Crippen molar-refractivity contribution in [2.45, 2.75) is 39.7 Å². The SMILES string of the molecule is Cc1cc(CNCC2(CCO)CC2)c(C)s1. The zero-order valence-corrected chi connectivity index (χ0v) is 11.0. The largest absolute Gasteiger partial charge is 0.396 e. The molecule has 1 aliphatic rings. The first kappa shape index (κ1) is 12.1. The van der Waals surface area contributed by atoms with Gasteiger partial charge in [0.1, 0.15) is 0 Å². The van der Waals surface area contributed by atoms with Crippen LogP contribution >= 0.6 is 11.3 Å². The number of hydrogen-bond acceptors (Lipinski definition) is 3. The summed E-state index contributed by atoms with van der Waals surface area (Å²) in [6.07, 6.45) is 3.52. The van der Waals surface area contributed by atoms with Gasteiger partial charge in [0.05, 0.1) is 0 Å². The standard InChI is InChI=1S/C13H21NOS/c1-10-7-12(11(2)16-10)8-14-9-13(3-4-13)5-6-15/h7,14-15H,3-6,8-9H2,1-2H3. The number of aryl methyl sites for hydroxylation is 2. The van der Waals surface area contributed by atoms with Crippen molar-refractivity contribution in [1.29, 1.82) is 0 Å². The monoisotopic (exact) mass is 239 g/mol. The Bertz CT molecular complexity index is 355. The molecule has 0 bridgehead atoms. The predicted molar refractivity (Wildman–Crippen MR) is 68.9 cm³/mol. The third-order valence-electron chi connectivity index (χ3n) is 3.56. The lowest BCUT2D eigenvalue weighted by Crippen LogP contribution is -2.24. The van der Waals surface area contributed by atoms with E-state index in [-0.39, 0.29) is 0 Å². The molecule has 0 atom stereocenters. The molecule has 0 radical (unpaired) electrons. The smallest absolute Gasteiger partial charge is 0.0436 e. The molecular weight excluding hydrogens is 218 g/mol. The average Bonchev–Trinajstić information content (AvgIpc) is 2.89. The Kier molecular flexibility index (Phi) is 3.67. The maximum Gasteiger partial charge on any atom is 0.0436 e. The highest BCUT2D eigenvalue weighted by atomic mass is 32.1. The van der Waals surface area contributed by atoms with Crippen LogP contribution in [0.1, 0.15) is 34.6 Å². The molecule has 0 unspecified atom stereocenters. The van der Waals surface area contributed by atoms with Crippen LogP contribution in [0.5, 0.6) is 0 Å². The summed E-state index contributed by atoms with van der Waals surface area (Å²) in [5.41, 5.74) is 1.86. The van der Waals surface area contributed by atoms with Gasteiger partial charge in [-0.25, -0.2) is 0 Å². The Morgan fingerprint density at radius 1 is 1.44 bits per heavy atom. The molecule has 1 saturated carbocycles. The predicted octanol–water partition coefficient (Wildman–Crippen LogP) is 2.62. The Hall–Kier alpha value is -0.380. The van der Waals surface area contributed by atoms with E-state index in [0.717, 1.165) is 19.5 Å². The van der Waals surface area contributed by atoms with Crippen LogP contribution in [0.4, 0.5) is 0 Å². The summed E-state index contributed by atoms with van der Waals surface area (Å²) in [4.78, 5) is 2.82. The van der Waals surface area contributed by atoms with Crippen molar-refractivity contribution in [3.63, 3.8) is 0 Å². The minimum atomic E-state index is 0.332. The van der Waals surface area contributed by atoms with Crippen LogP contribution < -0.4 is 5.32 Å². The van der Waals surface area contributed by atoms with Crippen LogP contribution in [0.25, 0.3) is 0 Å². The van der Waals surface area contributed by atoms with Crippen molar-refractivity contribution in [2.24, 2.45) is 5.41 Å². The average molecular weight is 239 g/mol. The molecule has 1 aromatic rings. The minimum Gasteiger partial charge on any atom is -0.396 e. The molecule has 0 aliphatic heterocycles. The van der Waals surface area contributed by atoms with E-state index in [2.05, 4.69) is 25.2 Å². The van der Waals surface area contributed by atoms with Gasteiger partial charge >= 0.3 is 0 Å². The maximum atomic E-state index is 8.98. The van der Waals surface area contributed by atoms with Crippen LogP contribution in [0.2, 0.25) is 0 Å². The molecule has 0 aromatic carbocycles. The third-order valence-corrected chi connectivity index (χ3v) is 4.57. The van der Waals surface area contributed by atoms with E-state index in [4.69, 9.17) is 5.11 Å². The van der Waals surface area contributed by atoms with Gasteiger partial charge in [-0.3, -0.25) is 0 Å². The van der Waals surface area contributed by atoms with Gasteiger partial charge in [-0.2, -0.15) is 0 Å². The van der Waals surface area contributed by atoms with Crippen molar-refractivity contribution in [1.82, 2.24) is 5.32 Å². The van der Waals surface area contributed by atoms with Crippen LogP contribution in [0, 0.1) is 19.3 Å². The summed E-state index contributed by atoms with van der Waals surface area (Å²) < 4.78 is 0. The number of nitrogens with one attached hydrogen (secondary N) is 1. The number of thiophene rings is 1. The van der Waals surface area contributed by atoms with Crippen LogP contribution in [-0.4, -0.2) is 18.3 Å². The fourth-order valence-electron chi connectivity index (χ4n) is 2.25. The maximum absolute atomic E-state index is 8.98. The van der Waals surface area contributed by atoms with Crippen molar-refractivity contribution >= 4 is 11.3 Å². The molecule has 1 fully saturated rings. The summed E-state index contributed by atoms with van der Waals surface area (Å²) in [7, 11) is 0. The lowest BCUT2D eigenvalue weighted by Gasteiger charge is -2.14. The van der Waals surface area contributed by atoms with Crippen molar-refractivity contribution < 1.29 is 5.11 Å². The number of aliphatic hydroxyl groups excluding tert-OH is 1. The molecule has 1 aliphatic carbocycles. The molecule has 2 N–H and O–H groups in total. The molecule has 2 nitrogen and oxygen atoms in total. The van der Waals surface area contributed by atoms with E-state index in [9.17, 15) is 0 Å². The van der Waals surface area contributed by atoms with Gasteiger partial charge in [0, 0.05) is 29.5 Å². The second kappa shape index (κ2) is 4.86. The summed E-state index contributed by atoms with van der Waals surface area (Å²) in [5.74, 6) is 0. The van der Waals surface area contributed by atoms with E-state index in [1.54, 1.807) is 0 Å². The van der Waals surface area contributed by atoms with Gasteiger partial charge in [0.25, 0.3) is 0 Å². The molecule has 2 rings (SSSR count). The van der Waals surface area contributed by atoms with Crippen LogP contribution in [0.3, 0.4) is 0 Å². The van der Waals surface area contributed by atoms with Crippen molar-refractivity contribution in [3.8, 4) is 0 Å². The lowest BCUT2D eigenvalue weighted by atomic mass is 10.0. The van der Waals surface area contributed by atoms with E-state index in [0.29, 0.717) is 12.0 Å². The van der Waals surface area contributed by atoms with Crippen LogP contribution in [0.15, 0.2) is 6.07 Å². The van der Waals surface area contributed by atoms with Crippen molar-refractivity contribution in [3.05, 3.63) is 21.4 Å². The molecule has 1 aromatic heterocycles. The molecular formula is C13H21NOS. The number of rotatable bonds is 6. The van der Waals surface area contributed by atoms with Gasteiger partial charge in [0.2, 0.25) is 0 Å². The number of aliphatic hydroxyl groups is 1. The Morgan fingerprint density at radius 3 is 2.69 bits per heavy atom. The molecule has 0 spiro atoms. The van der Waals surface area contributed by atoms with Crippen molar-refractivity contribution in [2.75, 3.05) is 13.2 Å². The lowest BCUT2D eigenvalue weighted by molar-refractivity contribution is 0.245. The number of hydrogen-bond donors (Lipinski definition) is 2. The van der Waals surface area contributed by atoms with E-state index >= 15 is 0 Å². The summed E-state index contributed by atoms with van der Waals surface area (Å²) in [6, 6.07) is 2.28. The first-order valence-corrected chi connectivity index (χ1v) is 6.84. The van der Waals surface area contributed by atoms with Gasteiger partial charge in [-0.05, 0) is 50.2 Å². The molecule has 0 saturated heterocycles. The van der Waals surface area contributed by atoms with Gasteiger partial charge < -0.3 is 10.4 Å². The Balaban J connectivity index is 1.78. The zero-order chi connectivity index (χ0) is 11.6. The molecule has 3 heteroatoms. The fraction of sp³-hybridized carbons (Fsp3) is 0.692. The summed E-state index contributed by atoms with van der Waals surface area (Å²) in [5, 5.41) is 12.5. The summed E-state index contributed by atoms with van der Waals surface area (Å²) >= 11 is 1.87. The second-order valence-corrected chi connectivity index (χ2v) is 6.48. The van der Waals surface area contributed by atoms with Gasteiger partial charge in [-0.15, -0.1) is 11.3 Å². The Morgan fingerprint density at radius 2 is 2.19 bits per heavy atom. The molecule has 90 valence electrons. The third kappa shape index (κ3) is 2.84. The van der Waals surface area contributed by atoms with Gasteiger partial charge in [-0.1, -0.05) is 0 Å². The molecule has 16 heavy (non-hydrogen) atoms. The van der Waals surface area contributed by atoms with E-state index < -0.39 is 0 Å². The fourth-order valence-corrected chi connectivity index (χ4v) is 3.20. The zero-order valence-electron chi connectivity index (χ0n) is 10.2.